The highest BCUT2D eigenvalue weighted by Crippen LogP contribution is 2.19. The maximum atomic E-state index is 12.7. The van der Waals surface area contributed by atoms with E-state index < -0.39 is 34.4 Å². The first kappa shape index (κ1) is 24.2. The van der Waals surface area contributed by atoms with E-state index in [0.717, 1.165) is 5.56 Å². The average molecular weight is 429 g/mol. The molecule has 0 unspecified atom stereocenters. The topological polar surface area (TPSA) is 131 Å². The zero-order chi connectivity index (χ0) is 22.2. The summed E-state index contributed by atoms with van der Waals surface area (Å²) in [5.41, 5.74) is -0.0602. The highest BCUT2D eigenvalue weighted by molar-refractivity contribution is 7.91. The van der Waals surface area contributed by atoms with Crippen molar-refractivity contribution < 1.29 is 32.3 Å². The summed E-state index contributed by atoms with van der Waals surface area (Å²) in [5, 5.41) is 2.62. The van der Waals surface area contributed by atoms with E-state index in [1.165, 1.54) is 19.1 Å². The molecule has 1 rings (SSSR count). The molecule has 1 aromatic rings. The van der Waals surface area contributed by atoms with Crippen LogP contribution in [0, 0.1) is 0 Å². The van der Waals surface area contributed by atoms with Gasteiger partial charge < -0.3 is 14.8 Å². The molecule has 0 radical (unpaired) electrons. The Hall–Kier alpha value is -2.82. The van der Waals surface area contributed by atoms with Crippen LogP contribution in [-0.2, 0) is 35.8 Å². The number of rotatable bonds is 8. The van der Waals surface area contributed by atoms with Crippen LogP contribution in [0.5, 0.6) is 0 Å². The Kier molecular flexibility index (Phi) is 8.43. The molecule has 0 heterocycles. The van der Waals surface area contributed by atoms with Crippen molar-refractivity contribution >= 4 is 33.9 Å². The lowest BCUT2D eigenvalue weighted by Gasteiger charge is -2.25. The van der Waals surface area contributed by atoms with Crippen molar-refractivity contribution in [3.8, 4) is 0 Å². The van der Waals surface area contributed by atoms with Gasteiger partial charge in [-0.1, -0.05) is 12.1 Å². The first-order valence-corrected chi connectivity index (χ1v) is 10.3. The molecule has 1 aromatic carbocycles. The molecule has 0 saturated carbocycles. The van der Waals surface area contributed by atoms with Gasteiger partial charge in [-0.15, -0.1) is 0 Å². The fraction of sp³-hybridized carbons (Fsp3) is 0.500. The molecule has 2 amide bonds. The second kappa shape index (κ2) is 10.1. The summed E-state index contributed by atoms with van der Waals surface area (Å²) in [6.45, 7) is 7.42. The Labute approximate surface area is 170 Å². The van der Waals surface area contributed by atoms with Crippen LogP contribution in [0.25, 0.3) is 0 Å². The summed E-state index contributed by atoms with van der Waals surface area (Å²) in [5.74, 6) is -0.994. The summed E-state index contributed by atoms with van der Waals surface area (Å²) in [4.78, 5) is 34.8. The third-order valence-electron chi connectivity index (χ3n) is 3.25. The second-order valence-corrected chi connectivity index (χ2v) is 8.59. The SMILES string of the molecule is CCOC(=O)CN(c1ccc(CNC(C)=O)cc1)S(=O)(=O)NC(=O)OC(C)(C)C. The van der Waals surface area contributed by atoms with Crippen molar-refractivity contribution in [1.82, 2.24) is 10.0 Å². The van der Waals surface area contributed by atoms with Crippen LogP contribution >= 0.6 is 0 Å². The number of hydrogen-bond acceptors (Lipinski definition) is 7. The standard InChI is InChI=1S/C18H27N3O7S/c1-6-27-16(23)12-21(29(25,26)20-17(24)28-18(3,4)5)15-9-7-14(8-10-15)11-19-13(2)22/h7-10H,6,11-12H2,1-5H3,(H,19,22)(H,20,24). The van der Waals surface area contributed by atoms with Crippen LogP contribution in [0.2, 0.25) is 0 Å². The number of carbonyl (C=O) groups is 3. The van der Waals surface area contributed by atoms with Crippen molar-refractivity contribution in [3.63, 3.8) is 0 Å². The van der Waals surface area contributed by atoms with Gasteiger partial charge in [0.2, 0.25) is 5.91 Å². The normalized spacial score (nSPS) is 11.3. The third-order valence-corrected chi connectivity index (χ3v) is 4.59. The predicted octanol–water partition coefficient (Wildman–Crippen LogP) is 1.46. The molecule has 29 heavy (non-hydrogen) atoms. The van der Waals surface area contributed by atoms with Gasteiger partial charge >= 0.3 is 22.3 Å². The maximum Gasteiger partial charge on any atom is 0.422 e. The minimum atomic E-state index is -4.46. The molecule has 0 aromatic heterocycles. The monoisotopic (exact) mass is 429 g/mol. The Bertz CT molecular complexity index is 830. The first-order chi connectivity index (χ1) is 13.3. The van der Waals surface area contributed by atoms with Crippen LogP contribution in [-0.4, -0.2) is 45.1 Å². The molecule has 2 N–H and O–H groups in total. The number of ether oxygens (including phenoxy) is 2. The number of amides is 2. The Morgan fingerprint density at radius 1 is 1.10 bits per heavy atom. The Balaban J connectivity index is 3.11. The lowest BCUT2D eigenvalue weighted by atomic mass is 10.2. The van der Waals surface area contributed by atoms with E-state index in [4.69, 9.17) is 9.47 Å². The maximum absolute atomic E-state index is 12.7. The molecule has 0 aliphatic heterocycles. The van der Waals surface area contributed by atoms with Crippen LogP contribution in [0.3, 0.4) is 0 Å². The second-order valence-electron chi connectivity index (χ2n) is 7.00. The number of hydrogen-bond donors (Lipinski definition) is 2. The predicted molar refractivity (Wildman–Crippen MR) is 106 cm³/mol. The number of esters is 1. The van der Waals surface area contributed by atoms with E-state index in [1.54, 1.807) is 44.5 Å². The molecule has 0 spiro atoms. The minimum absolute atomic E-state index is 0.0713. The fourth-order valence-electron chi connectivity index (χ4n) is 2.10. The number of nitrogens with one attached hydrogen (secondary N) is 2. The van der Waals surface area contributed by atoms with Gasteiger partial charge in [-0.3, -0.25) is 9.59 Å². The van der Waals surface area contributed by atoms with E-state index >= 15 is 0 Å². The number of carbonyl (C=O) groups excluding carboxylic acids is 3. The van der Waals surface area contributed by atoms with Crippen LogP contribution < -0.4 is 14.3 Å². The van der Waals surface area contributed by atoms with Gasteiger partial charge in [-0.2, -0.15) is 8.42 Å². The molecule has 0 aliphatic carbocycles. The van der Waals surface area contributed by atoms with Crippen molar-refractivity contribution in [2.75, 3.05) is 17.5 Å². The summed E-state index contributed by atoms with van der Waals surface area (Å²) in [6, 6.07) is 6.08. The summed E-state index contributed by atoms with van der Waals surface area (Å²) < 4.78 is 37.7. The van der Waals surface area contributed by atoms with Gasteiger partial charge in [0.25, 0.3) is 0 Å². The summed E-state index contributed by atoms with van der Waals surface area (Å²) in [6.07, 6.45) is -1.17. The number of anilines is 1. The molecule has 0 saturated heterocycles. The molecule has 0 aliphatic rings. The quantitative estimate of drug-likeness (QED) is 0.598. The van der Waals surface area contributed by atoms with Crippen molar-refractivity contribution in [2.45, 2.75) is 46.8 Å². The summed E-state index contributed by atoms with van der Waals surface area (Å²) >= 11 is 0. The van der Waals surface area contributed by atoms with Crippen LogP contribution in [0.15, 0.2) is 24.3 Å². The van der Waals surface area contributed by atoms with Crippen molar-refractivity contribution in [3.05, 3.63) is 29.8 Å². The lowest BCUT2D eigenvalue weighted by Crippen LogP contribution is -2.47. The zero-order valence-electron chi connectivity index (χ0n) is 17.1. The van der Waals surface area contributed by atoms with Crippen molar-refractivity contribution in [2.24, 2.45) is 0 Å². The largest absolute Gasteiger partial charge is 0.465 e. The third kappa shape index (κ3) is 8.81. The minimum Gasteiger partial charge on any atom is -0.465 e. The Morgan fingerprint density at radius 3 is 2.17 bits per heavy atom. The molecule has 10 nitrogen and oxygen atoms in total. The van der Waals surface area contributed by atoms with Crippen molar-refractivity contribution in [1.29, 1.82) is 0 Å². The number of nitrogens with zero attached hydrogens (tertiary/aromatic N) is 1. The molecular formula is C18H27N3O7S. The smallest absolute Gasteiger partial charge is 0.422 e. The highest BCUT2D eigenvalue weighted by atomic mass is 32.2. The molecule has 162 valence electrons. The fourth-order valence-corrected chi connectivity index (χ4v) is 3.14. The van der Waals surface area contributed by atoms with Gasteiger partial charge in [0.15, 0.2) is 0 Å². The van der Waals surface area contributed by atoms with Gasteiger partial charge in [0.1, 0.15) is 12.1 Å². The zero-order valence-corrected chi connectivity index (χ0v) is 18.0. The summed E-state index contributed by atoms with van der Waals surface area (Å²) in [7, 11) is -4.46. The van der Waals surface area contributed by atoms with Crippen LogP contribution in [0.4, 0.5) is 10.5 Å². The van der Waals surface area contributed by atoms with E-state index in [9.17, 15) is 22.8 Å². The first-order valence-electron chi connectivity index (χ1n) is 8.86. The molecule has 0 fully saturated rings. The highest BCUT2D eigenvalue weighted by Gasteiger charge is 2.29. The molecule has 11 heteroatoms. The molecule has 0 atom stereocenters. The average Bonchev–Trinajstić information content (AvgIpc) is 2.56. The van der Waals surface area contributed by atoms with Crippen LogP contribution in [0.1, 0.15) is 40.2 Å². The van der Waals surface area contributed by atoms with Gasteiger partial charge in [0, 0.05) is 13.5 Å². The number of benzene rings is 1. The van der Waals surface area contributed by atoms with Gasteiger partial charge in [-0.25, -0.2) is 13.8 Å². The van der Waals surface area contributed by atoms with Gasteiger partial charge in [0.05, 0.1) is 12.3 Å². The lowest BCUT2D eigenvalue weighted by molar-refractivity contribution is -0.141. The van der Waals surface area contributed by atoms with E-state index in [1.807, 2.05) is 0 Å². The van der Waals surface area contributed by atoms with Gasteiger partial charge in [-0.05, 0) is 45.4 Å². The molecular weight excluding hydrogens is 402 g/mol. The van der Waals surface area contributed by atoms with E-state index in [0.29, 0.717) is 4.31 Å². The van der Waals surface area contributed by atoms with E-state index in [-0.39, 0.29) is 24.7 Å². The van der Waals surface area contributed by atoms with E-state index in [2.05, 4.69) is 5.32 Å². The Morgan fingerprint density at radius 2 is 1.69 bits per heavy atom. The molecule has 0 bridgehead atoms.